The van der Waals surface area contributed by atoms with Crippen molar-refractivity contribution in [2.45, 2.75) is 155 Å². The molecule has 0 aliphatic rings. The Hall–Kier alpha value is 0.800. The molecule has 0 radical (unpaired) electrons. The van der Waals surface area contributed by atoms with Crippen molar-refractivity contribution in [1.29, 1.82) is 0 Å². The van der Waals surface area contributed by atoms with Crippen LogP contribution in [0.3, 0.4) is 0 Å². The molecule has 0 rings (SSSR count). The topological polar surface area (TPSA) is 49.3 Å². The molecule has 36 heavy (non-hydrogen) atoms. The third-order valence-corrected chi connectivity index (χ3v) is 7.25. The summed E-state index contributed by atoms with van der Waals surface area (Å²) in [4.78, 5) is 3.20. The third kappa shape index (κ3) is 31.0. The molecule has 222 valence electrons. The first-order valence-electron chi connectivity index (χ1n) is 15.5. The first-order valence-corrected chi connectivity index (χ1v) is 15.5. The molecular weight excluding hydrogens is 580 g/mol. The van der Waals surface area contributed by atoms with Crippen molar-refractivity contribution in [3.63, 3.8) is 0 Å². The van der Waals surface area contributed by atoms with Gasteiger partial charge in [0.05, 0.1) is 26.2 Å². The van der Waals surface area contributed by atoms with E-state index in [2.05, 4.69) is 13.8 Å². The van der Waals surface area contributed by atoms with Crippen molar-refractivity contribution >= 4 is 0 Å². The number of quaternary nitrogens is 2. The molecule has 0 saturated heterocycles. The molecule has 4 N–H and O–H groups in total. The molecule has 0 amide bonds. The van der Waals surface area contributed by atoms with Gasteiger partial charge >= 0.3 is 0 Å². The summed E-state index contributed by atoms with van der Waals surface area (Å²) in [6.07, 6.45) is 23.9. The Morgan fingerprint density at radius 3 is 0.861 bits per heavy atom. The molecule has 0 bridgehead atoms. The molecule has 0 aliphatic carbocycles. The highest BCUT2D eigenvalue weighted by Gasteiger charge is 2.13. The Morgan fingerprint density at radius 1 is 0.417 bits per heavy atom. The minimum Gasteiger partial charge on any atom is -1.00 e. The molecule has 0 aromatic rings. The average molecular weight is 647 g/mol. The molecule has 0 aromatic carbocycles. The van der Waals surface area contributed by atoms with Gasteiger partial charge in [0.15, 0.2) is 0 Å². The minimum absolute atomic E-state index is 0. The van der Waals surface area contributed by atoms with Crippen LogP contribution in [0, 0.1) is 0 Å². The zero-order valence-electron chi connectivity index (χ0n) is 24.8. The molecule has 0 fully saturated rings. The fraction of sp³-hybridized carbons (Fsp3) is 1.00. The number of rotatable bonds is 27. The number of hydrogen-bond donors (Lipinski definition) is 4. The van der Waals surface area contributed by atoms with E-state index in [0.717, 1.165) is 13.1 Å². The second-order valence-electron chi connectivity index (χ2n) is 11.3. The van der Waals surface area contributed by atoms with Gasteiger partial charge < -0.3 is 54.0 Å². The van der Waals surface area contributed by atoms with Crippen LogP contribution < -0.4 is 43.8 Å². The zero-order chi connectivity index (χ0) is 25.3. The van der Waals surface area contributed by atoms with E-state index in [4.69, 9.17) is 0 Å². The van der Waals surface area contributed by atoms with Crippen molar-refractivity contribution < 1.29 is 54.0 Å². The van der Waals surface area contributed by atoms with Gasteiger partial charge in [-0.1, -0.05) is 78.1 Å². The smallest absolute Gasteiger partial charge is 0.103 e. The SMILES string of the molecule is CCCCCCCCC[NH+](CCCCCC[NH+](CCCCCCCCC)CC(C)O)CC(C)O.[Br-].[Br-]. The average Bonchev–Trinajstić information content (AvgIpc) is 2.78. The number of aliphatic hydroxyl groups excluding tert-OH is 2. The maximum Gasteiger partial charge on any atom is 0.103 e. The molecule has 0 saturated carbocycles. The van der Waals surface area contributed by atoms with Crippen LogP contribution in [0.5, 0.6) is 0 Å². The highest BCUT2D eigenvalue weighted by atomic mass is 79.9. The third-order valence-electron chi connectivity index (χ3n) is 7.25. The Kier molecular flexibility index (Phi) is 36.7. The van der Waals surface area contributed by atoms with Gasteiger partial charge in [0, 0.05) is 0 Å². The maximum absolute atomic E-state index is 9.89. The molecule has 0 aromatic heterocycles. The Bertz CT molecular complexity index is 365. The number of nitrogens with one attached hydrogen (secondary N) is 2. The van der Waals surface area contributed by atoms with Gasteiger partial charge in [-0.3, -0.25) is 0 Å². The van der Waals surface area contributed by atoms with Gasteiger partial charge in [-0.25, -0.2) is 0 Å². The van der Waals surface area contributed by atoms with E-state index in [9.17, 15) is 10.2 Å². The largest absolute Gasteiger partial charge is 1.00 e. The standard InChI is InChI=1S/C30H64N2O2.2BrH/c1-5-7-9-11-13-15-19-23-31(27-29(3)33)25-21-17-18-22-26-32(28-30(4)34)24-20-16-14-12-10-8-6-2;;/h29-30,33-34H,5-28H2,1-4H3;2*1H. The fourth-order valence-electron chi connectivity index (χ4n) is 5.26. The lowest BCUT2D eigenvalue weighted by molar-refractivity contribution is -0.904. The van der Waals surface area contributed by atoms with E-state index in [1.165, 1.54) is 142 Å². The predicted molar refractivity (Wildman–Crippen MR) is 149 cm³/mol. The summed E-state index contributed by atoms with van der Waals surface area (Å²) in [5, 5.41) is 19.8. The molecule has 0 aliphatic heterocycles. The van der Waals surface area contributed by atoms with Crippen LogP contribution in [0.15, 0.2) is 0 Å². The van der Waals surface area contributed by atoms with E-state index in [1.54, 1.807) is 9.80 Å². The number of unbranched alkanes of at least 4 members (excludes halogenated alkanes) is 15. The van der Waals surface area contributed by atoms with E-state index >= 15 is 0 Å². The summed E-state index contributed by atoms with van der Waals surface area (Å²) in [6.45, 7) is 15.1. The van der Waals surface area contributed by atoms with Crippen molar-refractivity contribution in [3.05, 3.63) is 0 Å². The lowest BCUT2D eigenvalue weighted by Gasteiger charge is -2.22. The van der Waals surface area contributed by atoms with Gasteiger partial charge in [-0.05, 0) is 65.2 Å². The first kappa shape index (κ1) is 41.3. The van der Waals surface area contributed by atoms with E-state index < -0.39 is 0 Å². The van der Waals surface area contributed by atoms with Crippen LogP contribution in [0.2, 0.25) is 0 Å². The molecule has 4 unspecified atom stereocenters. The molecular formula is C30H66Br2N2O2. The lowest BCUT2D eigenvalue weighted by atomic mass is 10.1. The number of halogens is 2. The number of hydrogen-bond acceptors (Lipinski definition) is 2. The van der Waals surface area contributed by atoms with Crippen LogP contribution in [0.4, 0.5) is 0 Å². The van der Waals surface area contributed by atoms with E-state index in [-0.39, 0.29) is 46.2 Å². The monoisotopic (exact) mass is 644 g/mol. The van der Waals surface area contributed by atoms with Crippen molar-refractivity contribution in [3.8, 4) is 0 Å². The quantitative estimate of drug-likeness (QED) is 0.0831. The van der Waals surface area contributed by atoms with Crippen molar-refractivity contribution in [2.24, 2.45) is 0 Å². The highest BCUT2D eigenvalue weighted by Crippen LogP contribution is 2.07. The summed E-state index contributed by atoms with van der Waals surface area (Å²) in [5.41, 5.74) is 0. The summed E-state index contributed by atoms with van der Waals surface area (Å²) in [5.74, 6) is 0. The lowest BCUT2D eigenvalue weighted by Crippen LogP contribution is -3.13. The predicted octanol–water partition coefficient (Wildman–Crippen LogP) is -1.41. The first-order chi connectivity index (χ1) is 16.5. The molecule has 4 atom stereocenters. The van der Waals surface area contributed by atoms with Gasteiger partial charge in [-0.2, -0.15) is 0 Å². The molecule has 0 spiro atoms. The van der Waals surface area contributed by atoms with E-state index in [1.807, 2.05) is 13.8 Å². The van der Waals surface area contributed by atoms with Crippen molar-refractivity contribution in [2.75, 3.05) is 39.3 Å². The van der Waals surface area contributed by atoms with Gasteiger partial charge in [0.25, 0.3) is 0 Å². The number of aliphatic hydroxyl groups is 2. The fourth-order valence-corrected chi connectivity index (χ4v) is 5.26. The Morgan fingerprint density at radius 2 is 0.639 bits per heavy atom. The van der Waals surface area contributed by atoms with E-state index in [0.29, 0.717) is 0 Å². The van der Waals surface area contributed by atoms with Gasteiger partial charge in [0.1, 0.15) is 25.3 Å². The van der Waals surface area contributed by atoms with Crippen molar-refractivity contribution in [1.82, 2.24) is 0 Å². The van der Waals surface area contributed by atoms with Gasteiger partial charge in [-0.15, -0.1) is 0 Å². The maximum atomic E-state index is 9.89. The summed E-state index contributed by atoms with van der Waals surface area (Å²) in [6, 6.07) is 0. The van der Waals surface area contributed by atoms with Gasteiger partial charge in [0.2, 0.25) is 0 Å². The minimum atomic E-state index is -0.191. The summed E-state index contributed by atoms with van der Waals surface area (Å²) in [7, 11) is 0. The van der Waals surface area contributed by atoms with Crippen LogP contribution in [0.25, 0.3) is 0 Å². The summed E-state index contributed by atoms with van der Waals surface area (Å²) < 4.78 is 0. The zero-order valence-corrected chi connectivity index (χ0v) is 27.9. The molecule has 4 nitrogen and oxygen atoms in total. The van der Waals surface area contributed by atoms with Crippen LogP contribution in [-0.2, 0) is 0 Å². The second-order valence-corrected chi connectivity index (χ2v) is 11.3. The summed E-state index contributed by atoms with van der Waals surface area (Å²) >= 11 is 0. The molecule has 0 heterocycles. The van der Waals surface area contributed by atoms with Crippen LogP contribution in [-0.4, -0.2) is 61.7 Å². The van der Waals surface area contributed by atoms with Crippen LogP contribution >= 0.6 is 0 Å². The Labute approximate surface area is 247 Å². The normalized spacial score (nSPS) is 14.5. The molecule has 6 heteroatoms. The highest BCUT2D eigenvalue weighted by molar-refractivity contribution is 4.50. The van der Waals surface area contributed by atoms with Crippen LogP contribution in [0.1, 0.15) is 143 Å². The Balaban J connectivity index is -0.00000544. The second kappa shape index (κ2) is 32.0.